The van der Waals surface area contributed by atoms with Crippen molar-refractivity contribution < 1.29 is 14.3 Å². The monoisotopic (exact) mass is 203 g/mol. The molecule has 0 amide bonds. The second-order valence-electron chi connectivity index (χ2n) is 2.76. The van der Waals surface area contributed by atoms with Crippen LogP contribution in [0, 0.1) is 11.3 Å². The lowest BCUT2D eigenvalue weighted by Gasteiger charge is -2.06. The topological polar surface area (TPSA) is 67.2 Å². The maximum Gasteiger partial charge on any atom is 0.150 e. The van der Waals surface area contributed by atoms with Gasteiger partial charge in [-0.2, -0.15) is 5.26 Å². The Bertz CT molecular complexity index is 432. The Morgan fingerprint density at radius 1 is 1.33 bits per heavy atom. The number of nitriles is 1. The van der Waals surface area contributed by atoms with E-state index in [0.717, 1.165) is 0 Å². The maximum absolute atomic E-state index is 10.6. The minimum absolute atomic E-state index is 0.199. The van der Waals surface area contributed by atoms with Crippen LogP contribution >= 0.6 is 0 Å². The maximum atomic E-state index is 10.6. The molecule has 4 nitrogen and oxygen atoms in total. The standard InChI is InChI=1S/C11H9NO3/c1-2-15-11-4-10(7-14)9(6-13)3-8(11)5-12/h3-4,6-7H,2H2,1H3. The van der Waals surface area contributed by atoms with Gasteiger partial charge in [0.05, 0.1) is 12.2 Å². The van der Waals surface area contributed by atoms with E-state index in [2.05, 4.69) is 0 Å². The SMILES string of the molecule is CCOc1cc(C=O)c(C=O)cc1C#N. The summed E-state index contributed by atoms with van der Waals surface area (Å²) in [5.41, 5.74) is 0.682. The second kappa shape index (κ2) is 4.91. The molecule has 0 spiro atoms. The van der Waals surface area contributed by atoms with Crippen molar-refractivity contribution in [3.8, 4) is 11.8 Å². The Balaban J connectivity index is 3.35. The minimum Gasteiger partial charge on any atom is -0.492 e. The van der Waals surface area contributed by atoms with Crippen LogP contribution in [0.2, 0.25) is 0 Å². The largest absolute Gasteiger partial charge is 0.492 e. The molecular formula is C11H9NO3. The summed E-state index contributed by atoms with van der Waals surface area (Å²) in [6, 6.07) is 4.66. The first kappa shape index (κ1) is 10.9. The summed E-state index contributed by atoms with van der Waals surface area (Å²) in [6.45, 7) is 2.17. The molecule has 1 aromatic rings. The van der Waals surface area contributed by atoms with Crippen molar-refractivity contribution in [2.75, 3.05) is 6.61 Å². The van der Waals surface area contributed by atoms with Crippen LogP contribution in [0.15, 0.2) is 12.1 Å². The van der Waals surface area contributed by atoms with Crippen LogP contribution < -0.4 is 4.74 Å². The molecule has 0 aliphatic heterocycles. The first-order valence-electron chi connectivity index (χ1n) is 4.38. The van der Waals surface area contributed by atoms with E-state index in [9.17, 15) is 9.59 Å². The van der Waals surface area contributed by atoms with E-state index >= 15 is 0 Å². The van der Waals surface area contributed by atoms with Gasteiger partial charge in [0, 0.05) is 11.1 Å². The van der Waals surface area contributed by atoms with E-state index in [1.165, 1.54) is 12.1 Å². The lowest BCUT2D eigenvalue weighted by Crippen LogP contribution is -1.99. The van der Waals surface area contributed by atoms with Crippen LogP contribution in [0.3, 0.4) is 0 Å². The molecule has 0 atom stereocenters. The third kappa shape index (κ3) is 2.20. The van der Waals surface area contributed by atoms with Gasteiger partial charge in [-0.05, 0) is 19.1 Å². The molecule has 0 radical (unpaired) electrons. The third-order valence-corrected chi connectivity index (χ3v) is 1.86. The van der Waals surface area contributed by atoms with Crippen LogP contribution in [-0.4, -0.2) is 19.2 Å². The molecule has 0 saturated carbocycles. The molecule has 0 bridgehead atoms. The van der Waals surface area contributed by atoms with Crippen molar-refractivity contribution in [1.82, 2.24) is 0 Å². The molecule has 0 heterocycles. The smallest absolute Gasteiger partial charge is 0.150 e. The number of aldehydes is 2. The zero-order valence-electron chi connectivity index (χ0n) is 8.19. The second-order valence-corrected chi connectivity index (χ2v) is 2.76. The van der Waals surface area contributed by atoms with Crippen molar-refractivity contribution in [3.63, 3.8) is 0 Å². The summed E-state index contributed by atoms with van der Waals surface area (Å²) in [7, 11) is 0. The Hall–Kier alpha value is -2.15. The molecule has 76 valence electrons. The van der Waals surface area contributed by atoms with Crippen LogP contribution in [0.4, 0.5) is 0 Å². The molecule has 0 saturated heterocycles. The molecular weight excluding hydrogens is 194 g/mol. The Kier molecular flexibility index (Phi) is 3.58. The highest BCUT2D eigenvalue weighted by atomic mass is 16.5. The predicted molar refractivity (Wildman–Crippen MR) is 53.1 cm³/mol. The van der Waals surface area contributed by atoms with Crippen LogP contribution in [0.1, 0.15) is 33.2 Å². The highest BCUT2D eigenvalue weighted by molar-refractivity contribution is 5.91. The first-order valence-corrected chi connectivity index (χ1v) is 4.38. The molecule has 4 heteroatoms. The van der Waals surface area contributed by atoms with Crippen LogP contribution in [0.5, 0.6) is 5.75 Å². The number of rotatable bonds is 4. The van der Waals surface area contributed by atoms with Gasteiger partial charge < -0.3 is 4.74 Å². The average molecular weight is 203 g/mol. The average Bonchev–Trinajstić information content (AvgIpc) is 2.28. The highest BCUT2D eigenvalue weighted by Crippen LogP contribution is 2.21. The quantitative estimate of drug-likeness (QED) is 0.697. The van der Waals surface area contributed by atoms with Crippen molar-refractivity contribution in [1.29, 1.82) is 5.26 Å². The number of carbonyl (C=O) groups is 2. The minimum atomic E-state index is 0.199. The Morgan fingerprint density at radius 3 is 2.40 bits per heavy atom. The summed E-state index contributed by atoms with van der Waals surface area (Å²) >= 11 is 0. The van der Waals surface area contributed by atoms with Gasteiger partial charge in [0.15, 0.2) is 12.6 Å². The van der Waals surface area contributed by atoms with E-state index < -0.39 is 0 Å². The van der Waals surface area contributed by atoms with Crippen molar-refractivity contribution >= 4 is 12.6 Å². The molecule has 1 aromatic carbocycles. The first-order chi connectivity index (χ1) is 7.26. The van der Waals surface area contributed by atoms with Gasteiger partial charge in [0.1, 0.15) is 11.8 Å². The molecule has 0 aliphatic carbocycles. The third-order valence-electron chi connectivity index (χ3n) is 1.86. The number of benzene rings is 1. The van der Waals surface area contributed by atoms with Gasteiger partial charge in [0.2, 0.25) is 0 Å². The number of ether oxygens (including phenoxy) is 1. The van der Waals surface area contributed by atoms with Crippen LogP contribution in [0.25, 0.3) is 0 Å². The molecule has 0 fully saturated rings. The summed E-state index contributed by atoms with van der Waals surface area (Å²) in [5, 5.41) is 8.79. The lowest BCUT2D eigenvalue weighted by atomic mass is 10.1. The number of hydrogen-bond acceptors (Lipinski definition) is 4. The Labute approximate surface area is 87.1 Å². The number of nitrogens with zero attached hydrogens (tertiary/aromatic N) is 1. The summed E-state index contributed by atoms with van der Waals surface area (Å²) < 4.78 is 5.17. The molecule has 0 aromatic heterocycles. The number of carbonyl (C=O) groups excluding carboxylic acids is 2. The molecule has 15 heavy (non-hydrogen) atoms. The van der Waals surface area contributed by atoms with E-state index in [0.29, 0.717) is 24.9 Å². The lowest BCUT2D eigenvalue weighted by molar-refractivity contribution is 0.109. The van der Waals surface area contributed by atoms with Crippen molar-refractivity contribution in [2.24, 2.45) is 0 Å². The van der Waals surface area contributed by atoms with Crippen LogP contribution in [-0.2, 0) is 0 Å². The zero-order chi connectivity index (χ0) is 11.3. The molecule has 1 rings (SSSR count). The van der Waals surface area contributed by atoms with Gasteiger partial charge in [-0.15, -0.1) is 0 Å². The molecule has 0 unspecified atom stereocenters. The zero-order valence-corrected chi connectivity index (χ0v) is 8.19. The Morgan fingerprint density at radius 2 is 1.93 bits per heavy atom. The predicted octanol–water partition coefficient (Wildman–Crippen LogP) is 1.58. The van der Waals surface area contributed by atoms with Gasteiger partial charge in [-0.25, -0.2) is 0 Å². The number of hydrogen-bond donors (Lipinski definition) is 0. The fourth-order valence-corrected chi connectivity index (χ4v) is 1.18. The molecule has 0 N–H and O–H groups in total. The summed E-state index contributed by atoms with van der Waals surface area (Å²) in [5.74, 6) is 0.327. The van der Waals surface area contributed by atoms with Crippen molar-refractivity contribution in [2.45, 2.75) is 6.92 Å². The van der Waals surface area contributed by atoms with E-state index in [4.69, 9.17) is 10.00 Å². The normalized spacial score (nSPS) is 9.07. The summed E-state index contributed by atoms with van der Waals surface area (Å²) in [6.07, 6.45) is 1.10. The fraction of sp³-hybridized carbons (Fsp3) is 0.182. The highest BCUT2D eigenvalue weighted by Gasteiger charge is 2.09. The van der Waals surface area contributed by atoms with Gasteiger partial charge in [0.25, 0.3) is 0 Å². The summed E-state index contributed by atoms with van der Waals surface area (Å²) in [4.78, 5) is 21.3. The van der Waals surface area contributed by atoms with E-state index in [-0.39, 0.29) is 16.7 Å². The fourth-order valence-electron chi connectivity index (χ4n) is 1.18. The van der Waals surface area contributed by atoms with E-state index in [1.807, 2.05) is 6.07 Å². The van der Waals surface area contributed by atoms with Gasteiger partial charge >= 0.3 is 0 Å². The van der Waals surface area contributed by atoms with Gasteiger partial charge in [-0.1, -0.05) is 0 Å². The van der Waals surface area contributed by atoms with E-state index in [1.54, 1.807) is 6.92 Å². The molecule has 0 aliphatic rings. The van der Waals surface area contributed by atoms with Gasteiger partial charge in [-0.3, -0.25) is 9.59 Å². The van der Waals surface area contributed by atoms with Crippen molar-refractivity contribution in [3.05, 3.63) is 28.8 Å².